The van der Waals surface area contributed by atoms with Crippen molar-refractivity contribution in [2.24, 2.45) is 0 Å². The van der Waals surface area contributed by atoms with Gasteiger partial charge in [-0.05, 0) is 86.3 Å². The van der Waals surface area contributed by atoms with Crippen molar-refractivity contribution in [2.45, 2.75) is 26.7 Å². The molecular weight excluding hydrogens is 443 g/mol. The highest BCUT2D eigenvalue weighted by Crippen LogP contribution is 2.39. The first-order valence-electron chi connectivity index (χ1n) is 11.6. The number of hydrogen-bond acceptors (Lipinski definition) is 4. The zero-order valence-electron chi connectivity index (χ0n) is 19.4. The van der Waals surface area contributed by atoms with E-state index in [4.69, 9.17) is 9.97 Å². The molecule has 0 fully saturated rings. The highest BCUT2D eigenvalue weighted by molar-refractivity contribution is 5.96. The Labute approximate surface area is 201 Å². The number of carbonyl (C=O) groups is 1. The molecule has 2 aromatic heterocycles. The van der Waals surface area contributed by atoms with Gasteiger partial charge in [0, 0.05) is 34.4 Å². The topological polar surface area (TPSA) is 82.1 Å². The van der Waals surface area contributed by atoms with Gasteiger partial charge in [0.05, 0.1) is 16.6 Å². The molecule has 0 saturated heterocycles. The third-order valence-electron chi connectivity index (χ3n) is 6.67. The van der Waals surface area contributed by atoms with Gasteiger partial charge in [0.2, 0.25) is 0 Å². The first-order chi connectivity index (χ1) is 16.9. The number of aromatic carboxylic acids is 1. The molecule has 0 atom stereocenters. The van der Waals surface area contributed by atoms with Gasteiger partial charge in [0.15, 0.2) is 5.82 Å². The normalized spacial score (nSPS) is 13.4. The van der Waals surface area contributed by atoms with E-state index in [-0.39, 0.29) is 11.4 Å². The van der Waals surface area contributed by atoms with Crippen molar-refractivity contribution >= 4 is 39.4 Å². The number of benzene rings is 3. The summed E-state index contributed by atoms with van der Waals surface area (Å²) in [5, 5.41) is 10.7. The predicted octanol–water partition coefficient (Wildman–Crippen LogP) is 6.32. The minimum atomic E-state index is -0.996. The van der Waals surface area contributed by atoms with E-state index in [2.05, 4.69) is 22.0 Å². The van der Waals surface area contributed by atoms with Crippen LogP contribution < -0.4 is 4.90 Å². The van der Waals surface area contributed by atoms with Crippen molar-refractivity contribution in [3.63, 3.8) is 0 Å². The van der Waals surface area contributed by atoms with Crippen molar-refractivity contribution in [1.82, 2.24) is 15.0 Å². The van der Waals surface area contributed by atoms with Crippen LogP contribution in [0.5, 0.6) is 0 Å². The summed E-state index contributed by atoms with van der Waals surface area (Å²) in [5.41, 5.74) is 7.55. The molecule has 0 amide bonds. The molecule has 2 N–H and O–H groups in total. The fourth-order valence-corrected chi connectivity index (χ4v) is 5.02. The van der Waals surface area contributed by atoms with E-state index in [1.165, 1.54) is 6.07 Å². The molecule has 0 unspecified atom stereocenters. The summed E-state index contributed by atoms with van der Waals surface area (Å²) in [5.74, 6) is -0.619. The number of carboxylic acid groups (broad SMARTS) is 1. The van der Waals surface area contributed by atoms with Gasteiger partial charge in [-0.3, -0.25) is 0 Å². The van der Waals surface area contributed by atoms with Crippen LogP contribution in [0.25, 0.3) is 33.2 Å². The second-order valence-electron chi connectivity index (χ2n) is 9.14. The fourth-order valence-electron chi connectivity index (χ4n) is 5.02. The van der Waals surface area contributed by atoms with Crippen LogP contribution >= 0.6 is 0 Å². The van der Waals surface area contributed by atoms with Crippen molar-refractivity contribution in [3.8, 4) is 11.3 Å². The lowest BCUT2D eigenvalue weighted by Gasteiger charge is -2.31. The lowest BCUT2D eigenvalue weighted by Crippen LogP contribution is -2.26. The molecule has 0 spiro atoms. The van der Waals surface area contributed by atoms with Gasteiger partial charge in [-0.25, -0.2) is 19.2 Å². The van der Waals surface area contributed by atoms with Crippen LogP contribution in [0, 0.1) is 19.7 Å². The van der Waals surface area contributed by atoms with E-state index in [0.717, 1.165) is 46.3 Å². The average Bonchev–Trinajstić information content (AvgIpc) is 3.21. The minimum absolute atomic E-state index is 0.204. The lowest BCUT2D eigenvalue weighted by atomic mass is 10.00. The Morgan fingerprint density at radius 1 is 1.03 bits per heavy atom. The van der Waals surface area contributed by atoms with E-state index in [9.17, 15) is 14.3 Å². The molecule has 0 bridgehead atoms. The molecule has 6 nitrogen and oxygen atoms in total. The Morgan fingerprint density at radius 2 is 1.86 bits per heavy atom. The summed E-state index contributed by atoms with van der Waals surface area (Å²) >= 11 is 0. The molecule has 3 heterocycles. The summed E-state index contributed by atoms with van der Waals surface area (Å²) in [6, 6.07) is 16.4. The third kappa shape index (κ3) is 3.60. The van der Waals surface area contributed by atoms with Crippen molar-refractivity contribution < 1.29 is 14.3 Å². The number of aryl methyl sites for hydroxylation is 3. The highest BCUT2D eigenvalue weighted by atomic mass is 19.1. The summed E-state index contributed by atoms with van der Waals surface area (Å²) in [7, 11) is 0. The van der Waals surface area contributed by atoms with Crippen molar-refractivity contribution in [2.75, 3.05) is 11.4 Å². The van der Waals surface area contributed by atoms with Gasteiger partial charge in [0.25, 0.3) is 0 Å². The number of hydrogen-bond donors (Lipinski definition) is 2. The summed E-state index contributed by atoms with van der Waals surface area (Å²) < 4.78 is 14.0. The Balaban J connectivity index is 1.63. The molecule has 0 saturated carbocycles. The monoisotopic (exact) mass is 466 g/mol. The molecule has 1 aliphatic rings. The van der Waals surface area contributed by atoms with Crippen molar-refractivity contribution in [1.29, 1.82) is 0 Å². The number of halogens is 1. The summed E-state index contributed by atoms with van der Waals surface area (Å²) in [6.07, 6.45) is 1.64. The van der Waals surface area contributed by atoms with Crippen LogP contribution in [-0.4, -0.2) is 32.6 Å². The van der Waals surface area contributed by atoms with Crippen LogP contribution in [0.15, 0.2) is 54.6 Å². The smallest absolute Gasteiger partial charge is 0.336 e. The number of aromatic amines is 1. The van der Waals surface area contributed by atoms with Crippen LogP contribution in [0.1, 0.15) is 33.6 Å². The van der Waals surface area contributed by atoms with Crippen LogP contribution in [-0.2, 0) is 6.42 Å². The Morgan fingerprint density at radius 3 is 2.69 bits per heavy atom. The number of aromatic nitrogens is 3. The van der Waals surface area contributed by atoms with E-state index >= 15 is 0 Å². The zero-order valence-corrected chi connectivity index (χ0v) is 19.4. The first-order valence-corrected chi connectivity index (χ1v) is 11.6. The number of anilines is 2. The van der Waals surface area contributed by atoms with Gasteiger partial charge in [-0.2, -0.15) is 0 Å². The zero-order chi connectivity index (χ0) is 24.3. The van der Waals surface area contributed by atoms with E-state index in [0.29, 0.717) is 34.7 Å². The standard InChI is InChI=1S/C28H23FN4O2/c1-15-10-23-24(14-21(15)28(34)35)32-27(33-9-3-4-17-13-20(29)6-8-25(17)33)26(31-23)18-5-7-22-19(12-18)11-16(2)30-22/h5-8,10-14,30H,3-4,9H2,1-2H3,(H,34,35). The van der Waals surface area contributed by atoms with E-state index in [1.807, 2.05) is 19.1 Å². The number of carboxylic acids is 1. The Kier molecular flexibility index (Phi) is 4.81. The van der Waals surface area contributed by atoms with Crippen molar-refractivity contribution in [3.05, 3.63) is 82.8 Å². The summed E-state index contributed by atoms with van der Waals surface area (Å²) in [6.45, 7) is 4.49. The maximum absolute atomic E-state index is 14.0. The maximum Gasteiger partial charge on any atom is 0.336 e. The molecule has 174 valence electrons. The quantitative estimate of drug-likeness (QED) is 0.325. The van der Waals surface area contributed by atoms with Gasteiger partial charge in [-0.15, -0.1) is 0 Å². The van der Waals surface area contributed by atoms with Gasteiger partial charge < -0.3 is 15.0 Å². The molecule has 7 heteroatoms. The van der Waals surface area contributed by atoms with Crippen LogP contribution in [0.2, 0.25) is 0 Å². The number of H-pyrrole nitrogens is 1. The van der Waals surface area contributed by atoms with Gasteiger partial charge in [0.1, 0.15) is 11.5 Å². The molecule has 6 rings (SSSR count). The minimum Gasteiger partial charge on any atom is -0.478 e. The number of rotatable bonds is 3. The van der Waals surface area contributed by atoms with Crippen LogP contribution in [0.4, 0.5) is 15.9 Å². The number of nitrogens with one attached hydrogen (secondary N) is 1. The molecule has 5 aromatic rings. The molecular formula is C28H23FN4O2. The highest BCUT2D eigenvalue weighted by Gasteiger charge is 2.25. The largest absolute Gasteiger partial charge is 0.478 e. The molecule has 35 heavy (non-hydrogen) atoms. The van der Waals surface area contributed by atoms with E-state index < -0.39 is 5.97 Å². The maximum atomic E-state index is 14.0. The third-order valence-corrected chi connectivity index (χ3v) is 6.67. The van der Waals surface area contributed by atoms with E-state index in [1.54, 1.807) is 31.2 Å². The second kappa shape index (κ2) is 7.91. The second-order valence-corrected chi connectivity index (χ2v) is 9.14. The SMILES string of the molecule is Cc1cc2cc(-c3nc4cc(C)c(C(=O)O)cc4nc3N3CCCc4cc(F)ccc43)ccc2[nH]1. The number of nitrogens with zero attached hydrogens (tertiary/aromatic N) is 3. The lowest BCUT2D eigenvalue weighted by molar-refractivity contribution is 0.0696. The molecule has 1 aliphatic heterocycles. The van der Waals surface area contributed by atoms with Gasteiger partial charge >= 0.3 is 5.97 Å². The Hall–Kier alpha value is -4.26. The Bertz CT molecular complexity index is 1660. The molecule has 0 aliphatic carbocycles. The van der Waals surface area contributed by atoms with Crippen LogP contribution in [0.3, 0.4) is 0 Å². The molecule has 3 aromatic carbocycles. The first kappa shape index (κ1) is 21.3. The van der Waals surface area contributed by atoms with Gasteiger partial charge in [-0.1, -0.05) is 6.07 Å². The summed E-state index contributed by atoms with van der Waals surface area (Å²) in [4.78, 5) is 27.2. The average molecular weight is 467 g/mol. The number of fused-ring (bicyclic) bond motifs is 3. The predicted molar refractivity (Wildman–Crippen MR) is 135 cm³/mol. The molecule has 0 radical (unpaired) electrons. The fraction of sp³-hybridized carbons (Fsp3) is 0.179.